The number of aromatic amines is 1. The van der Waals surface area contributed by atoms with E-state index in [1.165, 1.54) is 6.20 Å². The molecular formula is C11H12N4O2. The summed E-state index contributed by atoms with van der Waals surface area (Å²) < 4.78 is 0. The van der Waals surface area contributed by atoms with Gasteiger partial charge in [0.15, 0.2) is 0 Å². The molecule has 0 aliphatic rings. The Labute approximate surface area is 97.5 Å². The van der Waals surface area contributed by atoms with Gasteiger partial charge in [0.25, 0.3) is 5.69 Å². The molecule has 0 spiro atoms. The third-order valence-corrected chi connectivity index (χ3v) is 2.36. The van der Waals surface area contributed by atoms with E-state index in [4.69, 9.17) is 0 Å². The maximum atomic E-state index is 10.8. The third-order valence-electron chi connectivity index (χ3n) is 2.36. The summed E-state index contributed by atoms with van der Waals surface area (Å²) in [6, 6.07) is 1.75. The molecule has 6 heteroatoms. The lowest BCUT2D eigenvalue weighted by molar-refractivity contribution is -0.383. The monoisotopic (exact) mass is 232 g/mol. The standard InChI is InChI=1S/C11H12N4O2/c1-12-4-2-3-8-5-9-10(15(16)17)7-14-11(9)13-6-8/h2-3,5-7,12H,4H2,1H3,(H,13,14). The first-order valence-electron chi connectivity index (χ1n) is 5.15. The first-order chi connectivity index (χ1) is 8.22. The molecule has 0 aliphatic carbocycles. The number of hydrogen-bond acceptors (Lipinski definition) is 4. The van der Waals surface area contributed by atoms with Gasteiger partial charge in [0.1, 0.15) is 5.65 Å². The Kier molecular flexibility index (Phi) is 3.15. The van der Waals surface area contributed by atoms with E-state index in [2.05, 4.69) is 15.3 Å². The Morgan fingerprint density at radius 3 is 3.18 bits per heavy atom. The second-order valence-corrected chi connectivity index (χ2v) is 3.56. The van der Waals surface area contributed by atoms with Crippen molar-refractivity contribution in [1.29, 1.82) is 0 Å². The number of rotatable bonds is 4. The van der Waals surface area contributed by atoms with Crippen LogP contribution in [0.5, 0.6) is 0 Å². The zero-order valence-corrected chi connectivity index (χ0v) is 9.30. The highest BCUT2D eigenvalue weighted by Gasteiger charge is 2.14. The molecule has 0 unspecified atom stereocenters. The van der Waals surface area contributed by atoms with E-state index in [9.17, 15) is 10.1 Å². The van der Waals surface area contributed by atoms with E-state index in [0.717, 1.165) is 12.1 Å². The Hall–Kier alpha value is -2.21. The van der Waals surface area contributed by atoms with E-state index in [-0.39, 0.29) is 5.69 Å². The van der Waals surface area contributed by atoms with Gasteiger partial charge in [-0.25, -0.2) is 4.98 Å². The van der Waals surface area contributed by atoms with Gasteiger partial charge in [0.05, 0.1) is 16.5 Å². The molecule has 0 radical (unpaired) electrons. The Bertz CT molecular complexity index is 574. The summed E-state index contributed by atoms with van der Waals surface area (Å²) in [5.41, 5.74) is 1.43. The van der Waals surface area contributed by atoms with Gasteiger partial charge in [-0.15, -0.1) is 0 Å². The molecule has 0 aromatic carbocycles. The molecule has 17 heavy (non-hydrogen) atoms. The quantitative estimate of drug-likeness (QED) is 0.620. The number of nitrogens with one attached hydrogen (secondary N) is 2. The predicted octanol–water partition coefficient (Wildman–Crippen LogP) is 1.70. The Balaban J connectivity index is 2.41. The second-order valence-electron chi connectivity index (χ2n) is 3.56. The van der Waals surface area contributed by atoms with Crippen molar-refractivity contribution in [3.8, 4) is 0 Å². The first kappa shape index (κ1) is 11.3. The van der Waals surface area contributed by atoms with Crippen molar-refractivity contribution in [1.82, 2.24) is 15.3 Å². The molecule has 2 rings (SSSR count). The number of fused-ring (bicyclic) bond motifs is 1. The van der Waals surface area contributed by atoms with Crippen LogP contribution < -0.4 is 5.32 Å². The van der Waals surface area contributed by atoms with E-state index >= 15 is 0 Å². The maximum Gasteiger partial charge on any atom is 0.296 e. The van der Waals surface area contributed by atoms with Crippen LogP contribution in [0.15, 0.2) is 24.5 Å². The number of H-pyrrole nitrogens is 1. The minimum absolute atomic E-state index is 0.0522. The minimum Gasteiger partial charge on any atom is -0.340 e. The summed E-state index contributed by atoms with van der Waals surface area (Å²) in [5.74, 6) is 0. The van der Waals surface area contributed by atoms with Crippen LogP contribution >= 0.6 is 0 Å². The van der Waals surface area contributed by atoms with E-state index in [1.807, 2.05) is 19.2 Å². The van der Waals surface area contributed by atoms with Crippen molar-refractivity contribution in [2.24, 2.45) is 0 Å². The normalized spacial score (nSPS) is 11.4. The average Bonchev–Trinajstić information content (AvgIpc) is 2.72. The lowest BCUT2D eigenvalue weighted by Crippen LogP contribution is -2.03. The van der Waals surface area contributed by atoms with Gasteiger partial charge in [-0.3, -0.25) is 10.1 Å². The highest BCUT2D eigenvalue weighted by atomic mass is 16.6. The van der Waals surface area contributed by atoms with Gasteiger partial charge in [0.2, 0.25) is 0 Å². The largest absolute Gasteiger partial charge is 0.340 e. The van der Waals surface area contributed by atoms with E-state index in [0.29, 0.717) is 11.0 Å². The summed E-state index contributed by atoms with van der Waals surface area (Å²) in [6.07, 6.45) is 6.84. The van der Waals surface area contributed by atoms with Crippen molar-refractivity contribution < 1.29 is 4.92 Å². The van der Waals surface area contributed by atoms with Gasteiger partial charge in [-0.05, 0) is 18.7 Å². The fourth-order valence-electron chi connectivity index (χ4n) is 1.56. The number of likely N-dealkylation sites (N-methyl/N-ethyl adjacent to an activating group) is 1. The second kappa shape index (κ2) is 4.75. The molecule has 0 saturated heterocycles. The fourth-order valence-corrected chi connectivity index (χ4v) is 1.56. The van der Waals surface area contributed by atoms with Crippen LogP contribution in [0.25, 0.3) is 17.1 Å². The van der Waals surface area contributed by atoms with E-state index < -0.39 is 4.92 Å². The van der Waals surface area contributed by atoms with E-state index in [1.54, 1.807) is 12.3 Å². The molecule has 88 valence electrons. The van der Waals surface area contributed by atoms with Gasteiger partial charge < -0.3 is 10.3 Å². The maximum absolute atomic E-state index is 10.8. The SMILES string of the molecule is CNCC=Cc1cnc2[nH]cc([N+](=O)[O-])c2c1. The van der Waals surface area contributed by atoms with Crippen LogP contribution in [-0.2, 0) is 0 Å². The molecule has 0 atom stereocenters. The molecule has 6 nitrogen and oxygen atoms in total. The number of nitro groups is 1. The number of aromatic nitrogens is 2. The highest BCUT2D eigenvalue weighted by molar-refractivity contribution is 5.87. The smallest absolute Gasteiger partial charge is 0.296 e. The predicted molar refractivity (Wildman–Crippen MR) is 65.7 cm³/mol. The van der Waals surface area contributed by atoms with Crippen LogP contribution in [0.3, 0.4) is 0 Å². The molecule has 0 fully saturated rings. The summed E-state index contributed by atoms with van der Waals surface area (Å²) in [7, 11) is 1.85. The van der Waals surface area contributed by atoms with Crippen LogP contribution in [0.2, 0.25) is 0 Å². The van der Waals surface area contributed by atoms with Crippen LogP contribution in [0.1, 0.15) is 5.56 Å². The molecular weight excluding hydrogens is 220 g/mol. The van der Waals surface area contributed by atoms with Gasteiger partial charge in [0, 0.05) is 12.7 Å². The average molecular weight is 232 g/mol. The number of hydrogen-bond donors (Lipinski definition) is 2. The lowest BCUT2D eigenvalue weighted by atomic mass is 10.2. The van der Waals surface area contributed by atoms with Gasteiger partial charge in [-0.2, -0.15) is 0 Å². The Morgan fingerprint density at radius 1 is 1.65 bits per heavy atom. The summed E-state index contributed by atoms with van der Waals surface area (Å²) >= 11 is 0. The van der Waals surface area contributed by atoms with Crippen molar-refractivity contribution in [2.75, 3.05) is 13.6 Å². The molecule has 2 aromatic heterocycles. The van der Waals surface area contributed by atoms with Crippen LogP contribution in [0.4, 0.5) is 5.69 Å². The minimum atomic E-state index is -0.415. The molecule has 2 N–H and O–H groups in total. The fraction of sp³-hybridized carbons (Fsp3) is 0.182. The van der Waals surface area contributed by atoms with Crippen molar-refractivity contribution in [2.45, 2.75) is 0 Å². The summed E-state index contributed by atoms with van der Waals surface area (Å²) in [5, 5.41) is 14.3. The molecule has 2 heterocycles. The lowest BCUT2D eigenvalue weighted by Gasteiger charge is -1.94. The van der Waals surface area contributed by atoms with Gasteiger partial charge >= 0.3 is 0 Å². The number of pyridine rings is 1. The van der Waals surface area contributed by atoms with Gasteiger partial charge in [-0.1, -0.05) is 12.2 Å². The topological polar surface area (TPSA) is 83.8 Å². The highest BCUT2D eigenvalue weighted by Crippen LogP contribution is 2.24. The molecule has 2 aromatic rings. The first-order valence-corrected chi connectivity index (χ1v) is 5.15. The van der Waals surface area contributed by atoms with Crippen LogP contribution in [0, 0.1) is 10.1 Å². The summed E-state index contributed by atoms with van der Waals surface area (Å²) in [4.78, 5) is 17.3. The molecule has 0 bridgehead atoms. The van der Waals surface area contributed by atoms with Crippen LogP contribution in [-0.4, -0.2) is 28.5 Å². The Morgan fingerprint density at radius 2 is 2.47 bits per heavy atom. The van der Waals surface area contributed by atoms with Crippen molar-refractivity contribution >= 4 is 22.8 Å². The number of nitrogens with zero attached hydrogens (tertiary/aromatic N) is 2. The molecule has 0 amide bonds. The molecule has 0 saturated carbocycles. The van der Waals surface area contributed by atoms with Crippen molar-refractivity contribution in [3.63, 3.8) is 0 Å². The zero-order valence-electron chi connectivity index (χ0n) is 9.30. The third kappa shape index (κ3) is 2.31. The van der Waals surface area contributed by atoms with Crippen molar-refractivity contribution in [3.05, 3.63) is 40.2 Å². The summed E-state index contributed by atoms with van der Waals surface area (Å²) in [6.45, 7) is 0.743. The molecule has 0 aliphatic heterocycles. The zero-order chi connectivity index (χ0) is 12.3.